The SMILES string of the molecule is c1ccccc1.c1ccccc1.c1ccccc1.c1ccccc1.c1ccccc1.c1ccccc1. The molecule has 0 aliphatic heterocycles. The van der Waals surface area contributed by atoms with E-state index in [0.717, 1.165) is 0 Å². The Labute approximate surface area is 218 Å². The molecule has 0 N–H and O–H groups in total. The zero-order chi connectivity index (χ0) is 25.5. The van der Waals surface area contributed by atoms with Crippen molar-refractivity contribution in [2.45, 2.75) is 0 Å². The lowest BCUT2D eigenvalue weighted by Crippen LogP contribution is -1.47. The summed E-state index contributed by atoms with van der Waals surface area (Å²) in [6.07, 6.45) is 0. The lowest BCUT2D eigenvalue weighted by molar-refractivity contribution is 1.72. The van der Waals surface area contributed by atoms with Crippen LogP contribution in [0.25, 0.3) is 0 Å². The average Bonchev–Trinajstić information content (AvgIpc) is 3.04. The summed E-state index contributed by atoms with van der Waals surface area (Å²) in [4.78, 5) is 0. The molecule has 0 bridgehead atoms. The average molecular weight is 469 g/mol. The van der Waals surface area contributed by atoms with Gasteiger partial charge in [-0.25, -0.2) is 0 Å². The van der Waals surface area contributed by atoms with Crippen molar-refractivity contribution in [2.24, 2.45) is 0 Å². The van der Waals surface area contributed by atoms with Crippen LogP contribution in [0.5, 0.6) is 0 Å². The molecule has 0 saturated heterocycles. The Hall–Kier alpha value is -4.68. The van der Waals surface area contributed by atoms with E-state index in [1.807, 2.05) is 218 Å². The van der Waals surface area contributed by atoms with Crippen LogP contribution in [-0.2, 0) is 0 Å². The molecule has 0 atom stereocenters. The van der Waals surface area contributed by atoms with Crippen molar-refractivity contribution in [2.75, 3.05) is 0 Å². The quantitative estimate of drug-likeness (QED) is 0.208. The van der Waals surface area contributed by atoms with Crippen LogP contribution in [0.15, 0.2) is 218 Å². The molecule has 0 aliphatic rings. The Morgan fingerprint density at radius 2 is 0.0833 bits per heavy atom. The van der Waals surface area contributed by atoms with Crippen molar-refractivity contribution in [3.05, 3.63) is 218 Å². The molecule has 0 radical (unpaired) electrons. The maximum Gasteiger partial charge on any atom is -0.0623 e. The van der Waals surface area contributed by atoms with E-state index < -0.39 is 0 Å². The molecule has 180 valence electrons. The molecule has 36 heavy (non-hydrogen) atoms. The van der Waals surface area contributed by atoms with Crippen molar-refractivity contribution >= 4 is 0 Å². The summed E-state index contributed by atoms with van der Waals surface area (Å²) >= 11 is 0. The van der Waals surface area contributed by atoms with E-state index >= 15 is 0 Å². The zero-order valence-electron chi connectivity index (χ0n) is 20.8. The first-order valence-corrected chi connectivity index (χ1v) is 12.0. The van der Waals surface area contributed by atoms with Gasteiger partial charge in [-0.3, -0.25) is 0 Å². The summed E-state index contributed by atoms with van der Waals surface area (Å²) in [5.74, 6) is 0. The van der Waals surface area contributed by atoms with Crippen molar-refractivity contribution in [3.8, 4) is 0 Å². The molecule has 0 aliphatic carbocycles. The minimum absolute atomic E-state index is 2.00. The van der Waals surface area contributed by atoms with E-state index in [9.17, 15) is 0 Å². The molecule has 6 aromatic carbocycles. The normalized spacial score (nSPS) is 8.00. The van der Waals surface area contributed by atoms with Crippen LogP contribution < -0.4 is 0 Å². The maximum atomic E-state index is 2.00. The fourth-order valence-corrected chi connectivity index (χ4v) is 2.31. The fourth-order valence-electron chi connectivity index (χ4n) is 2.31. The monoisotopic (exact) mass is 468 g/mol. The summed E-state index contributed by atoms with van der Waals surface area (Å²) in [6, 6.07) is 72.0. The number of rotatable bonds is 0. The zero-order valence-corrected chi connectivity index (χ0v) is 20.8. The van der Waals surface area contributed by atoms with E-state index in [-0.39, 0.29) is 0 Å². The van der Waals surface area contributed by atoms with Crippen LogP contribution in [0.4, 0.5) is 0 Å². The predicted octanol–water partition coefficient (Wildman–Crippen LogP) is 10.1. The minimum Gasteiger partial charge on any atom is -0.0623 e. The standard InChI is InChI=1S/6C6H6/c6*1-2-4-6-5-3-1/h6*1-6H. The first-order chi connectivity index (χ1) is 18.0. The summed E-state index contributed by atoms with van der Waals surface area (Å²) in [5.41, 5.74) is 0. The minimum atomic E-state index is 2.00. The van der Waals surface area contributed by atoms with Crippen molar-refractivity contribution in [1.82, 2.24) is 0 Å². The van der Waals surface area contributed by atoms with Crippen LogP contribution in [-0.4, -0.2) is 0 Å². The highest BCUT2D eigenvalue weighted by Gasteiger charge is 1.60. The summed E-state index contributed by atoms with van der Waals surface area (Å²) in [7, 11) is 0. The predicted molar refractivity (Wildman–Crippen MR) is 159 cm³/mol. The molecule has 0 spiro atoms. The van der Waals surface area contributed by atoms with Gasteiger partial charge in [0.15, 0.2) is 0 Å². The third-order valence-electron chi connectivity index (χ3n) is 4.00. The Bertz CT molecular complexity index is 676. The van der Waals surface area contributed by atoms with Crippen LogP contribution in [0.3, 0.4) is 0 Å². The second-order valence-corrected chi connectivity index (χ2v) is 6.93. The van der Waals surface area contributed by atoms with Crippen molar-refractivity contribution in [3.63, 3.8) is 0 Å². The highest BCUT2D eigenvalue weighted by molar-refractivity contribution is 5.02. The van der Waals surface area contributed by atoms with Gasteiger partial charge in [-0.05, 0) is 0 Å². The van der Waals surface area contributed by atoms with E-state index in [1.54, 1.807) is 0 Å². The Morgan fingerprint density at radius 3 is 0.111 bits per heavy atom. The Morgan fingerprint density at radius 1 is 0.0556 bits per heavy atom. The molecular formula is C36H36. The molecule has 0 saturated carbocycles. The third kappa shape index (κ3) is 24.0. The highest BCUT2D eigenvalue weighted by Crippen LogP contribution is 1.82. The second-order valence-electron chi connectivity index (χ2n) is 6.93. The van der Waals surface area contributed by atoms with E-state index in [1.165, 1.54) is 0 Å². The van der Waals surface area contributed by atoms with Gasteiger partial charge in [0.05, 0.1) is 0 Å². The highest BCUT2D eigenvalue weighted by atomic mass is 13.7. The van der Waals surface area contributed by atoms with Crippen LogP contribution in [0, 0.1) is 0 Å². The van der Waals surface area contributed by atoms with Crippen molar-refractivity contribution in [1.29, 1.82) is 0 Å². The third-order valence-corrected chi connectivity index (χ3v) is 4.00. The molecule has 0 nitrogen and oxygen atoms in total. The van der Waals surface area contributed by atoms with Gasteiger partial charge >= 0.3 is 0 Å². The smallest absolute Gasteiger partial charge is 0.0623 e. The molecule has 0 fully saturated rings. The lowest BCUT2D eigenvalue weighted by atomic mass is 10.4. The maximum absolute atomic E-state index is 2.00. The first kappa shape index (κ1) is 29.4. The van der Waals surface area contributed by atoms with Gasteiger partial charge in [0, 0.05) is 0 Å². The van der Waals surface area contributed by atoms with E-state index in [0.29, 0.717) is 0 Å². The molecule has 0 heteroatoms. The lowest BCUT2D eigenvalue weighted by Gasteiger charge is -1.69. The first-order valence-electron chi connectivity index (χ1n) is 12.0. The topological polar surface area (TPSA) is 0 Å². The number of benzene rings is 6. The molecule has 0 amide bonds. The van der Waals surface area contributed by atoms with Gasteiger partial charge in [0.25, 0.3) is 0 Å². The molecule has 0 aromatic heterocycles. The Kier molecular flexibility index (Phi) is 21.7. The molecule has 0 unspecified atom stereocenters. The van der Waals surface area contributed by atoms with E-state index in [2.05, 4.69) is 0 Å². The van der Waals surface area contributed by atoms with Gasteiger partial charge in [-0.15, -0.1) is 0 Å². The van der Waals surface area contributed by atoms with Crippen LogP contribution >= 0.6 is 0 Å². The molecule has 6 rings (SSSR count). The fraction of sp³-hybridized carbons (Fsp3) is 0. The summed E-state index contributed by atoms with van der Waals surface area (Å²) in [6.45, 7) is 0. The molecular weight excluding hydrogens is 432 g/mol. The van der Waals surface area contributed by atoms with Gasteiger partial charge in [-0.1, -0.05) is 218 Å². The number of hydrogen-bond donors (Lipinski definition) is 0. The molecule has 6 aromatic rings. The number of hydrogen-bond acceptors (Lipinski definition) is 0. The van der Waals surface area contributed by atoms with Crippen molar-refractivity contribution < 1.29 is 0 Å². The van der Waals surface area contributed by atoms with Gasteiger partial charge in [0.2, 0.25) is 0 Å². The summed E-state index contributed by atoms with van der Waals surface area (Å²) < 4.78 is 0. The van der Waals surface area contributed by atoms with Crippen LogP contribution in [0.2, 0.25) is 0 Å². The largest absolute Gasteiger partial charge is 0.0623 e. The van der Waals surface area contributed by atoms with E-state index in [4.69, 9.17) is 0 Å². The van der Waals surface area contributed by atoms with Gasteiger partial charge in [-0.2, -0.15) is 0 Å². The van der Waals surface area contributed by atoms with Gasteiger partial charge in [0.1, 0.15) is 0 Å². The second kappa shape index (κ2) is 26.6. The van der Waals surface area contributed by atoms with Gasteiger partial charge < -0.3 is 0 Å². The summed E-state index contributed by atoms with van der Waals surface area (Å²) in [5, 5.41) is 0. The van der Waals surface area contributed by atoms with Crippen LogP contribution in [0.1, 0.15) is 0 Å². The Balaban J connectivity index is 0.000000216. The molecule has 0 heterocycles.